The minimum atomic E-state index is 0.690. The number of hydrogen-bond acceptors (Lipinski definition) is 2. The van der Waals surface area contributed by atoms with E-state index in [9.17, 15) is 0 Å². The fourth-order valence-corrected chi connectivity index (χ4v) is 4.08. The number of halogens is 1. The number of nitrogens with zero attached hydrogens (tertiary/aromatic N) is 2. The molecule has 0 aliphatic carbocycles. The number of hydrogen-bond donors (Lipinski definition) is 0. The number of aryl methyl sites for hydroxylation is 2. The fraction of sp³-hybridized carbons (Fsp3) is 0.0714. The van der Waals surface area contributed by atoms with Gasteiger partial charge in [-0.2, -0.15) is 0 Å². The van der Waals surface area contributed by atoms with Gasteiger partial charge in [0, 0.05) is 22.2 Å². The van der Waals surface area contributed by atoms with Crippen LogP contribution in [-0.4, -0.2) is 9.97 Å². The van der Waals surface area contributed by atoms with Crippen LogP contribution in [-0.2, 0) is 0 Å². The van der Waals surface area contributed by atoms with Crippen LogP contribution in [0.25, 0.3) is 44.5 Å². The highest BCUT2D eigenvalue weighted by atomic mass is 35.5. The van der Waals surface area contributed by atoms with Gasteiger partial charge in [-0.1, -0.05) is 89.5 Å². The fourth-order valence-electron chi connectivity index (χ4n) is 3.86. The predicted molar refractivity (Wildman–Crippen MR) is 130 cm³/mol. The molecule has 0 saturated carbocycles. The van der Waals surface area contributed by atoms with Crippen LogP contribution in [0, 0.1) is 13.8 Å². The second kappa shape index (κ2) is 7.98. The average Bonchev–Trinajstić information content (AvgIpc) is 2.79. The quantitative estimate of drug-likeness (QED) is 0.296. The van der Waals surface area contributed by atoms with Crippen LogP contribution in [0.5, 0.6) is 0 Å². The van der Waals surface area contributed by atoms with Crippen molar-refractivity contribution >= 4 is 22.5 Å². The summed E-state index contributed by atoms with van der Waals surface area (Å²) in [5.74, 6) is 0.696. The van der Waals surface area contributed by atoms with Gasteiger partial charge in [0.05, 0.1) is 5.52 Å². The highest BCUT2D eigenvalue weighted by molar-refractivity contribution is 6.31. The molecule has 4 aromatic carbocycles. The maximum Gasteiger partial charge on any atom is 0.161 e. The van der Waals surface area contributed by atoms with Gasteiger partial charge in [-0.25, -0.2) is 9.97 Å². The van der Waals surface area contributed by atoms with E-state index in [2.05, 4.69) is 62.4 Å². The highest BCUT2D eigenvalue weighted by Gasteiger charge is 2.18. The average molecular weight is 421 g/mol. The van der Waals surface area contributed by atoms with Crippen LogP contribution in [0.2, 0.25) is 5.02 Å². The lowest BCUT2D eigenvalue weighted by atomic mass is 9.90. The van der Waals surface area contributed by atoms with Gasteiger partial charge in [-0.3, -0.25) is 0 Å². The molecule has 0 unspecified atom stereocenters. The highest BCUT2D eigenvalue weighted by Crippen LogP contribution is 2.41. The van der Waals surface area contributed by atoms with Crippen molar-refractivity contribution in [3.63, 3.8) is 0 Å². The van der Waals surface area contributed by atoms with E-state index in [1.54, 1.807) is 0 Å². The number of benzene rings is 4. The van der Waals surface area contributed by atoms with Gasteiger partial charge in [0.25, 0.3) is 0 Å². The van der Waals surface area contributed by atoms with Gasteiger partial charge < -0.3 is 0 Å². The molecule has 0 amide bonds. The zero-order valence-corrected chi connectivity index (χ0v) is 18.2. The van der Waals surface area contributed by atoms with Gasteiger partial charge >= 0.3 is 0 Å². The molecular weight excluding hydrogens is 400 g/mol. The molecule has 3 heteroatoms. The number of aromatic nitrogens is 2. The zero-order chi connectivity index (χ0) is 21.4. The van der Waals surface area contributed by atoms with E-state index in [-0.39, 0.29) is 0 Å². The third kappa shape index (κ3) is 3.83. The molecule has 0 aliphatic rings. The Morgan fingerprint density at radius 3 is 1.81 bits per heavy atom. The van der Waals surface area contributed by atoms with Crippen molar-refractivity contribution in [3.8, 4) is 33.6 Å². The molecule has 1 heterocycles. The Hall–Kier alpha value is -3.49. The van der Waals surface area contributed by atoms with Crippen LogP contribution in [0.1, 0.15) is 11.1 Å². The van der Waals surface area contributed by atoms with Crippen LogP contribution in [0.15, 0.2) is 91.1 Å². The molecule has 0 radical (unpaired) electrons. The first-order valence-electron chi connectivity index (χ1n) is 10.3. The molecule has 0 spiro atoms. The molecule has 0 aliphatic heterocycles. The van der Waals surface area contributed by atoms with Crippen molar-refractivity contribution in [1.82, 2.24) is 9.97 Å². The van der Waals surface area contributed by atoms with Crippen LogP contribution in [0.3, 0.4) is 0 Å². The lowest BCUT2D eigenvalue weighted by Gasteiger charge is -2.16. The molecule has 5 aromatic rings. The first-order valence-corrected chi connectivity index (χ1v) is 10.7. The summed E-state index contributed by atoms with van der Waals surface area (Å²) in [5.41, 5.74) is 8.58. The lowest BCUT2D eigenvalue weighted by molar-refractivity contribution is 1.23. The second-order valence-corrected chi connectivity index (χ2v) is 8.30. The van der Waals surface area contributed by atoms with E-state index in [1.165, 1.54) is 11.1 Å². The van der Waals surface area contributed by atoms with Crippen LogP contribution >= 0.6 is 11.6 Å². The van der Waals surface area contributed by atoms with Crippen LogP contribution in [0.4, 0.5) is 0 Å². The summed E-state index contributed by atoms with van der Waals surface area (Å²) < 4.78 is 0. The molecule has 0 N–H and O–H groups in total. The molecule has 150 valence electrons. The largest absolute Gasteiger partial charge is 0.236 e. The molecular formula is C28H21ClN2. The number of rotatable bonds is 3. The maximum atomic E-state index is 6.63. The monoisotopic (exact) mass is 420 g/mol. The van der Waals surface area contributed by atoms with Crippen molar-refractivity contribution in [2.75, 3.05) is 0 Å². The Balaban J connectivity index is 1.83. The van der Waals surface area contributed by atoms with E-state index < -0.39 is 0 Å². The summed E-state index contributed by atoms with van der Waals surface area (Å²) in [7, 11) is 0. The van der Waals surface area contributed by atoms with E-state index in [4.69, 9.17) is 21.6 Å². The SMILES string of the molecule is Cc1ccc(-c2cc(Cl)cc(-c3ccc(C)cc3)c2-c2ncc3ccccc3n2)cc1. The van der Waals surface area contributed by atoms with Crippen molar-refractivity contribution in [2.45, 2.75) is 13.8 Å². The van der Waals surface area contributed by atoms with Crippen LogP contribution < -0.4 is 0 Å². The topological polar surface area (TPSA) is 25.8 Å². The minimum Gasteiger partial charge on any atom is -0.236 e. The summed E-state index contributed by atoms with van der Waals surface area (Å²) in [6.45, 7) is 4.18. The zero-order valence-electron chi connectivity index (χ0n) is 17.4. The van der Waals surface area contributed by atoms with Crippen molar-refractivity contribution in [3.05, 3.63) is 107 Å². The molecule has 0 bridgehead atoms. The molecule has 31 heavy (non-hydrogen) atoms. The third-order valence-corrected chi connectivity index (χ3v) is 5.76. The van der Waals surface area contributed by atoms with Crippen molar-refractivity contribution in [2.24, 2.45) is 0 Å². The van der Waals surface area contributed by atoms with E-state index in [0.717, 1.165) is 38.7 Å². The molecule has 2 nitrogen and oxygen atoms in total. The van der Waals surface area contributed by atoms with Gasteiger partial charge in [-0.05, 0) is 54.3 Å². The molecule has 0 saturated heterocycles. The summed E-state index contributed by atoms with van der Waals surface area (Å²) in [6, 6.07) is 29.1. The Morgan fingerprint density at radius 1 is 0.677 bits per heavy atom. The van der Waals surface area contributed by atoms with Gasteiger partial charge in [0.1, 0.15) is 0 Å². The Bertz CT molecular complexity index is 1320. The third-order valence-electron chi connectivity index (χ3n) is 5.54. The van der Waals surface area contributed by atoms with Gasteiger partial charge in [-0.15, -0.1) is 0 Å². The van der Waals surface area contributed by atoms with E-state index in [1.807, 2.05) is 42.6 Å². The molecule has 5 rings (SSSR count). The van der Waals surface area contributed by atoms with Gasteiger partial charge in [0.15, 0.2) is 5.82 Å². The summed E-state index contributed by atoms with van der Waals surface area (Å²) in [6.07, 6.45) is 1.89. The number of para-hydroxylation sites is 1. The predicted octanol–water partition coefficient (Wildman–Crippen LogP) is 7.90. The van der Waals surface area contributed by atoms with E-state index in [0.29, 0.717) is 10.8 Å². The smallest absolute Gasteiger partial charge is 0.161 e. The maximum absolute atomic E-state index is 6.63. The summed E-state index contributed by atoms with van der Waals surface area (Å²) >= 11 is 6.63. The first-order chi connectivity index (χ1) is 15.1. The lowest BCUT2D eigenvalue weighted by Crippen LogP contribution is -1.96. The molecule has 1 aromatic heterocycles. The van der Waals surface area contributed by atoms with Crippen molar-refractivity contribution in [1.29, 1.82) is 0 Å². The normalized spacial score (nSPS) is 11.1. The Morgan fingerprint density at radius 2 is 1.23 bits per heavy atom. The summed E-state index contributed by atoms with van der Waals surface area (Å²) in [4.78, 5) is 9.69. The Labute approximate surface area is 187 Å². The summed E-state index contributed by atoms with van der Waals surface area (Å²) in [5, 5.41) is 1.71. The van der Waals surface area contributed by atoms with Crippen molar-refractivity contribution < 1.29 is 0 Å². The van der Waals surface area contributed by atoms with Gasteiger partial charge in [0.2, 0.25) is 0 Å². The Kier molecular flexibility index (Phi) is 5.01. The molecule has 0 fully saturated rings. The number of fused-ring (bicyclic) bond motifs is 1. The minimum absolute atomic E-state index is 0.690. The standard InChI is InChI=1S/C28H21ClN2/c1-18-7-11-20(12-8-18)24-15-23(29)16-25(21-13-9-19(2)10-14-21)27(24)28-30-17-22-5-3-4-6-26(22)31-28/h3-17H,1-2H3. The molecule has 0 atom stereocenters. The van der Waals surface area contributed by atoms with E-state index >= 15 is 0 Å². The second-order valence-electron chi connectivity index (χ2n) is 7.86. The first kappa shape index (κ1) is 19.5.